The molecule has 1 aromatic rings. The third-order valence-corrected chi connectivity index (χ3v) is 2.13. The summed E-state index contributed by atoms with van der Waals surface area (Å²) in [7, 11) is 0. The number of rotatable bonds is 3. The molecule has 3 heteroatoms. The second-order valence-corrected chi connectivity index (χ2v) is 3.55. The van der Waals surface area contributed by atoms with Crippen LogP contribution in [0.2, 0.25) is 0 Å². The fraction of sp³-hybridized carbons (Fsp3) is 0.417. The Kier molecular flexibility index (Phi) is 3.72. The van der Waals surface area contributed by atoms with Crippen LogP contribution < -0.4 is 10.1 Å². The van der Waals surface area contributed by atoms with Crippen LogP contribution in [0, 0.1) is 13.8 Å². The van der Waals surface area contributed by atoms with Crippen molar-refractivity contribution in [2.24, 2.45) is 0 Å². The maximum atomic E-state index is 10.9. The molecule has 0 spiro atoms. The fourth-order valence-corrected chi connectivity index (χ4v) is 1.43. The molecule has 1 rings (SSSR count). The van der Waals surface area contributed by atoms with Crippen molar-refractivity contribution < 1.29 is 9.53 Å². The van der Waals surface area contributed by atoms with Gasteiger partial charge in [-0.1, -0.05) is 0 Å². The van der Waals surface area contributed by atoms with E-state index in [2.05, 4.69) is 5.32 Å². The van der Waals surface area contributed by atoms with E-state index in [1.165, 1.54) is 6.92 Å². The first-order valence-electron chi connectivity index (χ1n) is 5.06. The van der Waals surface area contributed by atoms with E-state index in [0.717, 1.165) is 22.6 Å². The number of ether oxygens (including phenoxy) is 1. The Morgan fingerprint density at radius 3 is 2.53 bits per heavy atom. The number of hydrogen-bond donors (Lipinski definition) is 1. The summed E-state index contributed by atoms with van der Waals surface area (Å²) in [6.07, 6.45) is 0. The molecule has 0 atom stereocenters. The molecule has 0 saturated heterocycles. The van der Waals surface area contributed by atoms with Crippen LogP contribution in [0.15, 0.2) is 12.1 Å². The predicted octanol–water partition coefficient (Wildman–Crippen LogP) is 2.66. The monoisotopic (exact) mass is 207 g/mol. The largest absolute Gasteiger partial charge is 0.494 e. The Labute approximate surface area is 90.4 Å². The van der Waals surface area contributed by atoms with Gasteiger partial charge in [0.2, 0.25) is 5.91 Å². The number of hydrogen-bond acceptors (Lipinski definition) is 2. The fourth-order valence-electron chi connectivity index (χ4n) is 1.43. The molecule has 15 heavy (non-hydrogen) atoms. The van der Waals surface area contributed by atoms with E-state index in [-0.39, 0.29) is 5.91 Å². The van der Waals surface area contributed by atoms with Gasteiger partial charge < -0.3 is 10.1 Å². The van der Waals surface area contributed by atoms with Gasteiger partial charge in [-0.3, -0.25) is 4.79 Å². The van der Waals surface area contributed by atoms with Gasteiger partial charge in [-0.25, -0.2) is 0 Å². The van der Waals surface area contributed by atoms with Gasteiger partial charge in [-0.15, -0.1) is 0 Å². The van der Waals surface area contributed by atoms with Gasteiger partial charge in [-0.05, 0) is 44.0 Å². The quantitative estimate of drug-likeness (QED) is 0.827. The SMILES string of the molecule is CCOc1cc(C)c(NC(C)=O)cc1C. The lowest BCUT2D eigenvalue weighted by Crippen LogP contribution is -2.07. The molecule has 0 fully saturated rings. The standard InChI is InChI=1S/C12H17NO2/c1-5-15-12-7-8(2)11(6-9(12)3)13-10(4)14/h6-7H,5H2,1-4H3,(H,13,14). The maximum Gasteiger partial charge on any atom is 0.221 e. The van der Waals surface area contributed by atoms with Gasteiger partial charge >= 0.3 is 0 Å². The van der Waals surface area contributed by atoms with E-state index in [1.807, 2.05) is 32.9 Å². The maximum absolute atomic E-state index is 10.9. The minimum Gasteiger partial charge on any atom is -0.494 e. The van der Waals surface area contributed by atoms with Crippen molar-refractivity contribution in [2.75, 3.05) is 11.9 Å². The Balaban J connectivity index is 3.02. The van der Waals surface area contributed by atoms with Crippen LogP contribution >= 0.6 is 0 Å². The third-order valence-electron chi connectivity index (χ3n) is 2.13. The summed E-state index contributed by atoms with van der Waals surface area (Å²) in [6.45, 7) is 8.03. The van der Waals surface area contributed by atoms with Crippen LogP contribution in [-0.4, -0.2) is 12.5 Å². The summed E-state index contributed by atoms with van der Waals surface area (Å²) in [6, 6.07) is 3.88. The Bertz CT molecular complexity index is 372. The van der Waals surface area contributed by atoms with Crippen molar-refractivity contribution in [3.8, 4) is 5.75 Å². The third kappa shape index (κ3) is 2.98. The Morgan fingerprint density at radius 2 is 2.00 bits per heavy atom. The van der Waals surface area contributed by atoms with Gasteiger partial charge in [0.15, 0.2) is 0 Å². The summed E-state index contributed by atoms with van der Waals surface area (Å²) >= 11 is 0. The van der Waals surface area contributed by atoms with Crippen LogP contribution in [0.4, 0.5) is 5.69 Å². The lowest BCUT2D eigenvalue weighted by molar-refractivity contribution is -0.114. The Hall–Kier alpha value is -1.51. The highest BCUT2D eigenvalue weighted by Gasteiger charge is 2.05. The molecule has 3 nitrogen and oxygen atoms in total. The molecule has 0 radical (unpaired) electrons. The molecule has 0 aliphatic rings. The summed E-state index contributed by atoms with van der Waals surface area (Å²) in [5.41, 5.74) is 2.90. The van der Waals surface area contributed by atoms with Crippen molar-refractivity contribution in [1.82, 2.24) is 0 Å². The van der Waals surface area contributed by atoms with E-state index in [0.29, 0.717) is 6.61 Å². The number of nitrogens with one attached hydrogen (secondary N) is 1. The average Bonchev–Trinajstić information content (AvgIpc) is 2.13. The zero-order valence-corrected chi connectivity index (χ0v) is 9.68. The van der Waals surface area contributed by atoms with Gasteiger partial charge in [-0.2, -0.15) is 0 Å². The number of carbonyl (C=O) groups excluding carboxylic acids is 1. The molecular weight excluding hydrogens is 190 g/mol. The van der Waals surface area contributed by atoms with Crippen molar-refractivity contribution in [3.63, 3.8) is 0 Å². The van der Waals surface area contributed by atoms with Gasteiger partial charge in [0.05, 0.1) is 6.61 Å². The molecule has 0 unspecified atom stereocenters. The zero-order valence-electron chi connectivity index (χ0n) is 9.68. The molecule has 1 N–H and O–H groups in total. The first-order chi connectivity index (χ1) is 7.04. The highest BCUT2D eigenvalue weighted by atomic mass is 16.5. The smallest absolute Gasteiger partial charge is 0.221 e. The molecule has 0 bridgehead atoms. The number of benzene rings is 1. The first kappa shape index (κ1) is 11.6. The summed E-state index contributed by atoms with van der Waals surface area (Å²) < 4.78 is 5.46. The van der Waals surface area contributed by atoms with Crippen molar-refractivity contribution in [3.05, 3.63) is 23.3 Å². The topological polar surface area (TPSA) is 38.3 Å². The van der Waals surface area contributed by atoms with Crippen LogP contribution in [0.5, 0.6) is 5.75 Å². The highest BCUT2D eigenvalue weighted by molar-refractivity contribution is 5.89. The number of aryl methyl sites for hydroxylation is 2. The normalized spacial score (nSPS) is 9.87. The summed E-state index contributed by atoms with van der Waals surface area (Å²) in [4.78, 5) is 10.9. The molecule has 0 aliphatic carbocycles. The molecule has 0 saturated carbocycles. The average molecular weight is 207 g/mol. The Morgan fingerprint density at radius 1 is 1.33 bits per heavy atom. The van der Waals surface area contributed by atoms with E-state index in [9.17, 15) is 4.79 Å². The van der Waals surface area contributed by atoms with Crippen molar-refractivity contribution in [1.29, 1.82) is 0 Å². The van der Waals surface area contributed by atoms with E-state index in [4.69, 9.17) is 4.74 Å². The summed E-state index contributed by atoms with van der Waals surface area (Å²) in [5, 5.41) is 2.79. The van der Waals surface area contributed by atoms with Gasteiger partial charge in [0.1, 0.15) is 5.75 Å². The van der Waals surface area contributed by atoms with E-state index >= 15 is 0 Å². The molecule has 0 heterocycles. The molecule has 1 amide bonds. The minimum atomic E-state index is -0.0540. The van der Waals surface area contributed by atoms with Crippen LogP contribution in [-0.2, 0) is 4.79 Å². The van der Waals surface area contributed by atoms with Crippen LogP contribution in [0.25, 0.3) is 0 Å². The predicted molar refractivity (Wildman–Crippen MR) is 61.4 cm³/mol. The molecule has 0 aromatic heterocycles. The van der Waals surface area contributed by atoms with Gasteiger partial charge in [0.25, 0.3) is 0 Å². The van der Waals surface area contributed by atoms with Crippen molar-refractivity contribution >= 4 is 11.6 Å². The molecule has 1 aromatic carbocycles. The van der Waals surface area contributed by atoms with E-state index < -0.39 is 0 Å². The van der Waals surface area contributed by atoms with Crippen LogP contribution in [0.3, 0.4) is 0 Å². The lowest BCUT2D eigenvalue weighted by atomic mass is 10.1. The molecule has 0 aliphatic heterocycles. The molecule has 82 valence electrons. The second-order valence-electron chi connectivity index (χ2n) is 3.55. The van der Waals surface area contributed by atoms with E-state index in [1.54, 1.807) is 0 Å². The number of anilines is 1. The number of carbonyl (C=O) groups is 1. The summed E-state index contributed by atoms with van der Waals surface area (Å²) in [5.74, 6) is 0.825. The highest BCUT2D eigenvalue weighted by Crippen LogP contribution is 2.26. The van der Waals surface area contributed by atoms with Crippen LogP contribution in [0.1, 0.15) is 25.0 Å². The zero-order chi connectivity index (χ0) is 11.4. The second kappa shape index (κ2) is 4.82. The van der Waals surface area contributed by atoms with Gasteiger partial charge in [0, 0.05) is 12.6 Å². The number of amides is 1. The lowest BCUT2D eigenvalue weighted by Gasteiger charge is -2.12. The first-order valence-corrected chi connectivity index (χ1v) is 5.06. The molecular formula is C12H17NO2. The minimum absolute atomic E-state index is 0.0540. The van der Waals surface area contributed by atoms with Crippen molar-refractivity contribution in [2.45, 2.75) is 27.7 Å².